The summed E-state index contributed by atoms with van der Waals surface area (Å²) in [6.45, 7) is -0.281. The van der Waals surface area contributed by atoms with Gasteiger partial charge in [-0.05, 0) is 38.5 Å². The predicted molar refractivity (Wildman–Crippen MR) is 138 cm³/mol. The molecule has 0 aliphatic carbocycles. The Bertz CT molecular complexity index is 902. The van der Waals surface area contributed by atoms with Crippen molar-refractivity contribution in [2.24, 2.45) is 38.7 Å². The van der Waals surface area contributed by atoms with Crippen LogP contribution in [0.15, 0.2) is 9.98 Å². The van der Waals surface area contributed by atoms with Gasteiger partial charge in [-0.1, -0.05) is 0 Å². The average molecular weight is 542 g/mol. The maximum atomic E-state index is 13.5. The topological polar surface area (TPSA) is 300 Å². The molecule has 1 saturated heterocycles. The molecule has 17 heteroatoms. The highest BCUT2D eigenvalue weighted by atomic mass is 16.4. The number of carboxylic acid groups (broad SMARTS) is 1. The summed E-state index contributed by atoms with van der Waals surface area (Å²) in [5.41, 5.74) is 26.7. The molecule has 14 N–H and O–H groups in total. The third-order valence-electron chi connectivity index (χ3n) is 5.59. The summed E-state index contributed by atoms with van der Waals surface area (Å²) in [6.07, 6.45) is 1.82. The van der Waals surface area contributed by atoms with Crippen molar-refractivity contribution in [2.75, 3.05) is 32.7 Å². The van der Waals surface area contributed by atoms with Crippen LogP contribution in [0.25, 0.3) is 0 Å². The number of nitrogens with two attached hydrogens (primary N) is 5. The lowest BCUT2D eigenvalue weighted by Crippen LogP contribution is -2.57. The molecule has 1 heterocycles. The van der Waals surface area contributed by atoms with Crippen molar-refractivity contribution >= 4 is 41.5 Å². The molecule has 38 heavy (non-hydrogen) atoms. The van der Waals surface area contributed by atoms with Gasteiger partial charge in [0.25, 0.3) is 0 Å². The van der Waals surface area contributed by atoms with Gasteiger partial charge in [0.2, 0.25) is 23.6 Å². The van der Waals surface area contributed by atoms with E-state index in [0.29, 0.717) is 25.7 Å². The number of guanidine groups is 2. The van der Waals surface area contributed by atoms with Crippen molar-refractivity contribution in [1.29, 1.82) is 0 Å². The fraction of sp³-hybridized carbons (Fsp3) is 0.667. The molecule has 3 atom stereocenters. The quantitative estimate of drug-likeness (QED) is 0.0507. The zero-order valence-electron chi connectivity index (χ0n) is 21.2. The Hall–Kier alpha value is -4.15. The van der Waals surface area contributed by atoms with E-state index in [4.69, 9.17) is 33.8 Å². The Balaban J connectivity index is 3.05. The van der Waals surface area contributed by atoms with E-state index in [1.165, 1.54) is 4.90 Å². The molecule has 17 nitrogen and oxygen atoms in total. The van der Waals surface area contributed by atoms with Crippen molar-refractivity contribution in [3.8, 4) is 0 Å². The molecule has 0 unspecified atom stereocenters. The normalized spacial score (nSPS) is 16.0. The second-order valence-corrected chi connectivity index (χ2v) is 8.58. The van der Waals surface area contributed by atoms with Crippen LogP contribution in [-0.4, -0.2) is 102 Å². The number of nitrogens with one attached hydrogen (secondary N) is 3. The van der Waals surface area contributed by atoms with E-state index in [9.17, 15) is 24.0 Å². The Kier molecular flexibility index (Phi) is 13.9. The molecule has 0 radical (unpaired) electrons. The third kappa shape index (κ3) is 11.7. The SMILES string of the molecule is NCC(=O)N[C@@H](CCCN=C(N)N)C(=O)N[C@@H](CCCN=C(N)N)C(=O)N1CCC[C@H]1C(=O)NCC(=O)O. The molecular weight excluding hydrogens is 502 g/mol. The Morgan fingerprint density at radius 2 is 1.50 bits per heavy atom. The van der Waals surface area contributed by atoms with Crippen molar-refractivity contribution in [2.45, 2.75) is 56.7 Å². The minimum absolute atomic E-state index is 0.115. The van der Waals surface area contributed by atoms with Gasteiger partial charge in [-0.3, -0.25) is 34.0 Å². The van der Waals surface area contributed by atoms with E-state index in [-0.39, 0.29) is 50.9 Å². The number of likely N-dealkylation sites (tertiary alicyclic amines) is 1. The maximum absolute atomic E-state index is 13.5. The molecule has 0 bridgehead atoms. The first-order valence-corrected chi connectivity index (χ1v) is 12.2. The summed E-state index contributed by atoms with van der Waals surface area (Å²) in [5.74, 6) is -3.80. The van der Waals surface area contributed by atoms with Crippen LogP contribution < -0.4 is 44.6 Å². The number of hydrogen-bond acceptors (Lipinski definition) is 8. The predicted octanol–water partition coefficient (Wildman–Crippen LogP) is -4.79. The van der Waals surface area contributed by atoms with E-state index in [1.54, 1.807) is 0 Å². The van der Waals surface area contributed by atoms with Gasteiger partial charge in [0.1, 0.15) is 24.7 Å². The lowest BCUT2D eigenvalue weighted by Gasteiger charge is -2.29. The molecule has 0 aromatic carbocycles. The zero-order valence-corrected chi connectivity index (χ0v) is 21.2. The Morgan fingerprint density at radius 1 is 0.921 bits per heavy atom. The second-order valence-electron chi connectivity index (χ2n) is 8.58. The van der Waals surface area contributed by atoms with Crippen LogP contribution in [0, 0.1) is 0 Å². The molecule has 214 valence electrons. The average Bonchev–Trinajstić information content (AvgIpc) is 3.35. The molecule has 0 aromatic rings. The largest absolute Gasteiger partial charge is 0.480 e. The first-order chi connectivity index (χ1) is 18.0. The van der Waals surface area contributed by atoms with Crippen molar-refractivity contribution in [3.63, 3.8) is 0 Å². The molecule has 4 amide bonds. The summed E-state index contributed by atoms with van der Waals surface area (Å²) in [6, 6.07) is -2.98. The highest BCUT2D eigenvalue weighted by Crippen LogP contribution is 2.20. The van der Waals surface area contributed by atoms with Gasteiger partial charge in [0.15, 0.2) is 11.9 Å². The van der Waals surface area contributed by atoms with Crippen molar-refractivity contribution in [3.05, 3.63) is 0 Å². The number of carboxylic acids is 1. The van der Waals surface area contributed by atoms with E-state index < -0.39 is 54.3 Å². The lowest BCUT2D eigenvalue weighted by molar-refractivity contribution is -0.143. The van der Waals surface area contributed by atoms with Gasteiger partial charge in [0, 0.05) is 19.6 Å². The number of carbonyl (C=O) groups excluding carboxylic acids is 4. The molecule has 1 aliphatic rings. The van der Waals surface area contributed by atoms with Gasteiger partial charge < -0.3 is 54.6 Å². The minimum Gasteiger partial charge on any atom is -0.480 e. The van der Waals surface area contributed by atoms with E-state index in [0.717, 1.165) is 0 Å². The first-order valence-electron chi connectivity index (χ1n) is 12.2. The number of carbonyl (C=O) groups is 5. The van der Waals surface area contributed by atoms with E-state index in [2.05, 4.69) is 25.9 Å². The smallest absolute Gasteiger partial charge is 0.322 e. The van der Waals surface area contributed by atoms with Gasteiger partial charge in [-0.25, -0.2) is 0 Å². The molecule has 1 fully saturated rings. The third-order valence-corrected chi connectivity index (χ3v) is 5.59. The number of nitrogens with zero attached hydrogens (tertiary/aromatic N) is 3. The monoisotopic (exact) mass is 541 g/mol. The summed E-state index contributed by atoms with van der Waals surface area (Å²) in [4.78, 5) is 70.9. The summed E-state index contributed by atoms with van der Waals surface area (Å²) in [5, 5.41) is 16.3. The molecular formula is C21H39N11O6. The van der Waals surface area contributed by atoms with Crippen molar-refractivity contribution in [1.82, 2.24) is 20.9 Å². The molecule has 1 aliphatic heterocycles. The van der Waals surface area contributed by atoms with Crippen LogP contribution >= 0.6 is 0 Å². The van der Waals surface area contributed by atoms with Gasteiger partial charge in [-0.15, -0.1) is 0 Å². The number of aliphatic carboxylic acids is 1. The standard InChI is InChI=1S/C21H39N11O6/c22-10-15(33)30-12(4-1-7-27-20(23)24)17(36)31-13(5-2-8-28-21(25)26)19(38)32-9-3-6-14(32)18(37)29-11-16(34)35/h12-14H,1-11,22H2,(H,29,37)(H,30,33)(H,31,36)(H,34,35)(H4,23,24,27)(H4,25,26,28)/t12-,13-,14-/m0/s1. The van der Waals surface area contributed by atoms with Gasteiger partial charge in [0.05, 0.1) is 6.54 Å². The number of amides is 4. The minimum atomic E-state index is -1.22. The van der Waals surface area contributed by atoms with Crippen molar-refractivity contribution < 1.29 is 29.1 Å². The highest BCUT2D eigenvalue weighted by Gasteiger charge is 2.38. The second kappa shape index (κ2) is 16.6. The summed E-state index contributed by atoms with van der Waals surface area (Å²) < 4.78 is 0. The van der Waals surface area contributed by atoms with Crippen LogP contribution in [-0.2, 0) is 24.0 Å². The van der Waals surface area contributed by atoms with Crippen LogP contribution in [0.3, 0.4) is 0 Å². The maximum Gasteiger partial charge on any atom is 0.322 e. The number of aliphatic imine (C=N–C) groups is 2. The van der Waals surface area contributed by atoms with Crippen LogP contribution in [0.4, 0.5) is 0 Å². The van der Waals surface area contributed by atoms with Crippen LogP contribution in [0.2, 0.25) is 0 Å². The Labute approximate surface area is 220 Å². The number of rotatable bonds is 16. The summed E-state index contributed by atoms with van der Waals surface area (Å²) >= 11 is 0. The van der Waals surface area contributed by atoms with Gasteiger partial charge >= 0.3 is 5.97 Å². The zero-order chi connectivity index (χ0) is 28.7. The van der Waals surface area contributed by atoms with E-state index in [1.807, 2.05) is 0 Å². The van der Waals surface area contributed by atoms with Crippen LogP contribution in [0.5, 0.6) is 0 Å². The molecule has 0 aromatic heterocycles. The lowest BCUT2D eigenvalue weighted by atomic mass is 10.1. The van der Waals surface area contributed by atoms with E-state index >= 15 is 0 Å². The number of hydrogen-bond donors (Lipinski definition) is 9. The Morgan fingerprint density at radius 3 is 2.03 bits per heavy atom. The van der Waals surface area contributed by atoms with Gasteiger partial charge in [-0.2, -0.15) is 0 Å². The molecule has 0 spiro atoms. The van der Waals surface area contributed by atoms with Crippen LogP contribution in [0.1, 0.15) is 38.5 Å². The highest BCUT2D eigenvalue weighted by molar-refractivity contribution is 5.95. The molecule has 0 saturated carbocycles. The fourth-order valence-corrected chi connectivity index (χ4v) is 3.84. The fourth-order valence-electron chi connectivity index (χ4n) is 3.84. The first kappa shape index (κ1) is 31.9. The summed E-state index contributed by atoms with van der Waals surface area (Å²) in [7, 11) is 0. The molecule has 1 rings (SSSR count).